The van der Waals surface area contributed by atoms with Crippen molar-refractivity contribution in [3.8, 4) is 0 Å². The molecule has 6 nitrogen and oxygen atoms in total. The molecule has 0 atom stereocenters. The minimum Gasteiger partial charge on any atom is -0.346 e. The van der Waals surface area contributed by atoms with Crippen molar-refractivity contribution in [1.29, 1.82) is 0 Å². The maximum Gasteiger partial charge on any atom is 2.00 e. The molecule has 0 spiro atoms. The van der Waals surface area contributed by atoms with Crippen LogP contribution in [0.15, 0.2) is 14.4 Å². The molecule has 0 aliphatic rings. The number of hydrogen-bond acceptors (Lipinski definition) is 3. The first-order chi connectivity index (χ1) is 5.60. The van der Waals surface area contributed by atoms with Crippen LogP contribution in [0.4, 0.5) is 0 Å². The summed E-state index contributed by atoms with van der Waals surface area (Å²) in [5.74, 6) is 0. The molecule has 0 bridgehead atoms. The quantitative estimate of drug-likeness (QED) is 0.516. The van der Waals surface area contributed by atoms with Crippen molar-refractivity contribution >= 4 is 0 Å². The Hall–Kier alpha value is -0.538. The molecular weight excluding hydrogens is 400 g/mol. The molecular formula is C6H9N3O3U. The monoisotopic (exact) mass is 409 g/mol. The summed E-state index contributed by atoms with van der Waals surface area (Å²) in [5.41, 5.74) is -2.69. The molecule has 0 saturated carbocycles. The van der Waals surface area contributed by atoms with Crippen LogP contribution in [0.1, 0.15) is 13.8 Å². The molecule has 0 saturated heterocycles. The van der Waals surface area contributed by atoms with Crippen LogP contribution in [0.25, 0.3) is 0 Å². The fourth-order valence-corrected chi connectivity index (χ4v) is 0.374. The van der Waals surface area contributed by atoms with Crippen LogP contribution in [-0.4, -0.2) is 9.97 Å². The van der Waals surface area contributed by atoms with E-state index in [9.17, 15) is 14.4 Å². The zero-order valence-electron chi connectivity index (χ0n) is 7.25. The number of hydrogen-bond donors (Lipinski definition) is 2. The number of nitrogens with one attached hydrogen (secondary N) is 2. The van der Waals surface area contributed by atoms with Gasteiger partial charge >= 0.3 is 31.1 Å². The Morgan fingerprint density at radius 2 is 1.38 bits per heavy atom. The number of aromatic amines is 2. The first-order valence-corrected chi connectivity index (χ1v) is 3.21. The molecule has 0 aliphatic heterocycles. The van der Waals surface area contributed by atoms with E-state index in [0.717, 1.165) is 0 Å². The Bertz CT molecular complexity index is 299. The fraction of sp³-hybridized carbons (Fsp3) is 0.333. The van der Waals surface area contributed by atoms with E-state index >= 15 is 0 Å². The molecule has 0 unspecified atom stereocenters. The van der Waals surface area contributed by atoms with Gasteiger partial charge < -0.3 is 16.4 Å². The summed E-state index contributed by atoms with van der Waals surface area (Å²) in [6.45, 7) is 4.00. The fourth-order valence-electron chi connectivity index (χ4n) is 0.374. The second-order valence-electron chi connectivity index (χ2n) is 1.88. The molecule has 1 heterocycles. The zero-order valence-corrected chi connectivity index (χ0v) is 11.4. The van der Waals surface area contributed by atoms with Crippen molar-refractivity contribution in [2.45, 2.75) is 13.8 Å². The zero-order chi connectivity index (χ0) is 9.56. The normalized spacial score (nSPS) is 7.85. The Kier molecular flexibility index (Phi) is 9.29. The van der Waals surface area contributed by atoms with E-state index in [2.05, 4.69) is 4.98 Å². The molecule has 0 aliphatic carbocycles. The summed E-state index contributed by atoms with van der Waals surface area (Å²) in [5, 5.41) is 0. The third-order valence-electron chi connectivity index (χ3n) is 0.644. The molecule has 0 radical (unpaired) electrons. The topological polar surface area (TPSA) is 96.9 Å². The van der Waals surface area contributed by atoms with Crippen LogP contribution in [0, 0.1) is 37.5 Å². The molecule has 2 N–H and O–H groups in total. The molecule has 1 aromatic rings. The van der Waals surface area contributed by atoms with Crippen molar-refractivity contribution in [3.05, 3.63) is 37.9 Å². The third-order valence-corrected chi connectivity index (χ3v) is 0.644. The van der Waals surface area contributed by atoms with Crippen LogP contribution in [0.5, 0.6) is 0 Å². The van der Waals surface area contributed by atoms with Gasteiger partial charge in [-0.3, -0.25) is 19.4 Å². The Morgan fingerprint density at radius 3 is 1.62 bits per heavy atom. The van der Waals surface area contributed by atoms with Gasteiger partial charge in [0.15, 0.2) is 0 Å². The molecule has 0 aromatic carbocycles. The van der Waals surface area contributed by atoms with Crippen molar-refractivity contribution in [1.82, 2.24) is 15.0 Å². The van der Waals surface area contributed by atoms with Crippen LogP contribution in [0.3, 0.4) is 0 Å². The van der Waals surface area contributed by atoms with Gasteiger partial charge in [-0.25, -0.2) is 0 Å². The van der Waals surface area contributed by atoms with Gasteiger partial charge in [0.2, 0.25) is 17.1 Å². The van der Waals surface area contributed by atoms with Crippen molar-refractivity contribution < 1.29 is 31.1 Å². The van der Waals surface area contributed by atoms with Gasteiger partial charge in [0.05, 0.1) is 0 Å². The second kappa shape index (κ2) is 8.08. The summed E-state index contributed by atoms with van der Waals surface area (Å²) in [6, 6.07) is 0. The minimum absolute atomic E-state index is 0. The average molecular weight is 409 g/mol. The molecule has 0 fully saturated rings. The van der Waals surface area contributed by atoms with Gasteiger partial charge in [0, 0.05) is 0 Å². The van der Waals surface area contributed by atoms with E-state index in [0.29, 0.717) is 0 Å². The third kappa shape index (κ3) is 7.81. The van der Waals surface area contributed by atoms with E-state index in [-0.39, 0.29) is 31.1 Å². The molecule has 7 heteroatoms. The second-order valence-corrected chi connectivity index (χ2v) is 1.88. The van der Waals surface area contributed by atoms with Gasteiger partial charge in [-0.05, 0) is 0 Å². The maximum absolute atomic E-state index is 10.2. The number of H-pyrrole nitrogens is 2. The van der Waals surface area contributed by atoms with Crippen LogP contribution < -0.4 is 22.1 Å². The number of nitrogens with zero attached hydrogens (tertiary/aromatic N) is 1. The maximum atomic E-state index is 10.2. The molecule has 1 rings (SSSR count). The molecule has 0 amide bonds. The molecule has 70 valence electrons. The van der Waals surface area contributed by atoms with Crippen LogP contribution >= 0.6 is 0 Å². The molecule has 1 aromatic heterocycles. The van der Waals surface area contributed by atoms with E-state index in [1.807, 2.05) is 20.3 Å². The predicted octanol–water partition coefficient (Wildman–Crippen LogP) is -1.39. The minimum atomic E-state index is -0.927. The smallest absolute Gasteiger partial charge is 0.346 e. The first kappa shape index (κ1) is 15.0. The van der Waals surface area contributed by atoms with E-state index < -0.39 is 17.1 Å². The Morgan fingerprint density at radius 1 is 1.08 bits per heavy atom. The standard InChI is InChI=1S/C3H3N3O3.C3H7.U/c7-1-4-2(8)6-3(9)5-1;1-3-2;/h(H3,4,5,6,7,8,9);3H,1-2H3;/q;-1;+2/p-1. The van der Waals surface area contributed by atoms with E-state index in [1.54, 1.807) is 9.97 Å². The predicted molar refractivity (Wildman–Crippen MR) is 42.9 cm³/mol. The van der Waals surface area contributed by atoms with Crippen LogP contribution in [0.2, 0.25) is 0 Å². The average Bonchev–Trinajstić information content (AvgIpc) is 1.84. The van der Waals surface area contributed by atoms with Crippen molar-refractivity contribution in [2.75, 3.05) is 0 Å². The summed E-state index contributed by atoms with van der Waals surface area (Å²) in [6.07, 6.45) is 2.00. The van der Waals surface area contributed by atoms with Crippen molar-refractivity contribution in [2.24, 2.45) is 0 Å². The Balaban J connectivity index is 0. The van der Waals surface area contributed by atoms with E-state index in [1.165, 1.54) is 0 Å². The largest absolute Gasteiger partial charge is 2.00 e. The van der Waals surface area contributed by atoms with E-state index in [4.69, 9.17) is 0 Å². The van der Waals surface area contributed by atoms with Gasteiger partial charge in [-0.1, -0.05) is 0 Å². The summed E-state index contributed by atoms with van der Waals surface area (Å²) >= 11 is 0. The van der Waals surface area contributed by atoms with Gasteiger partial charge in [-0.2, -0.15) is 13.8 Å². The summed E-state index contributed by atoms with van der Waals surface area (Å²) < 4.78 is 0. The van der Waals surface area contributed by atoms with Gasteiger partial charge in [0.25, 0.3) is 0 Å². The summed E-state index contributed by atoms with van der Waals surface area (Å²) in [7, 11) is 0. The molecule has 13 heavy (non-hydrogen) atoms. The van der Waals surface area contributed by atoms with Crippen molar-refractivity contribution in [3.63, 3.8) is 0 Å². The van der Waals surface area contributed by atoms with Crippen LogP contribution in [-0.2, 0) is 0 Å². The SMILES string of the molecule is C[CH-]C.O=c1[n-]c(=O)[nH]c(=O)[nH]1.[U+2]. The first-order valence-electron chi connectivity index (χ1n) is 3.21. The van der Waals surface area contributed by atoms with Gasteiger partial charge in [-0.15, -0.1) is 0 Å². The number of aromatic nitrogens is 3. The Labute approximate surface area is 97.6 Å². The van der Waals surface area contributed by atoms with Gasteiger partial charge in [0.1, 0.15) is 0 Å². The number of rotatable bonds is 0. The summed E-state index contributed by atoms with van der Waals surface area (Å²) in [4.78, 5) is 36.7.